The quantitative estimate of drug-likeness (QED) is 0.617. The van der Waals surface area contributed by atoms with Gasteiger partial charge >= 0.3 is 5.69 Å². The van der Waals surface area contributed by atoms with Gasteiger partial charge in [0.25, 0.3) is 0 Å². The van der Waals surface area contributed by atoms with Crippen LogP contribution < -0.4 is 4.74 Å². The number of hydrogen-bond donors (Lipinski definition) is 0. The minimum atomic E-state index is -0.855. The van der Waals surface area contributed by atoms with Gasteiger partial charge in [0.1, 0.15) is 5.75 Å². The van der Waals surface area contributed by atoms with Gasteiger partial charge in [-0.3, -0.25) is 10.1 Å². The first-order valence-electron chi connectivity index (χ1n) is 5.21. The summed E-state index contributed by atoms with van der Waals surface area (Å²) in [4.78, 5) is 10.0. The van der Waals surface area contributed by atoms with Crippen LogP contribution in [0.15, 0.2) is 42.5 Å². The molecular weight excluding hydrogens is 237 g/mol. The van der Waals surface area contributed by atoms with Crippen molar-refractivity contribution in [2.75, 3.05) is 7.11 Å². The molecule has 0 aliphatic heterocycles. The molecule has 4 nitrogen and oxygen atoms in total. The molecule has 0 radical (unpaired) electrons. The summed E-state index contributed by atoms with van der Waals surface area (Å²) in [5, 5.41) is 10.8. The molecule has 0 heterocycles. The van der Waals surface area contributed by atoms with Crippen LogP contribution in [-0.4, -0.2) is 12.0 Å². The van der Waals surface area contributed by atoms with Crippen LogP contribution in [0.3, 0.4) is 0 Å². The Morgan fingerprint density at radius 3 is 2.44 bits per heavy atom. The van der Waals surface area contributed by atoms with Gasteiger partial charge in [-0.1, -0.05) is 30.3 Å². The highest BCUT2D eigenvalue weighted by atomic mass is 19.1. The Labute approximate surface area is 103 Å². The number of ether oxygens (including phenoxy) is 1. The average Bonchev–Trinajstić information content (AvgIpc) is 2.39. The summed E-state index contributed by atoms with van der Waals surface area (Å²) in [6.07, 6.45) is 0. The third-order valence-corrected chi connectivity index (χ3v) is 2.54. The summed E-state index contributed by atoms with van der Waals surface area (Å²) >= 11 is 0. The second-order valence-electron chi connectivity index (χ2n) is 3.63. The van der Waals surface area contributed by atoms with Gasteiger partial charge in [-0.25, -0.2) is 0 Å². The molecule has 0 unspecified atom stereocenters. The highest BCUT2D eigenvalue weighted by Gasteiger charge is 2.21. The number of nitro benzene ring substituents is 1. The minimum absolute atomic E-state index is 0.154. The number of halogens is 1. The van der Waals surface area contributed by atoms with E-state index in [1.165, 1.54) is 13.2 Å². The van der Waals surface area contributed by atoms with Crippen LogP contribution in [0.4, 0.5) is 10.1 Å². The highest BCUT2D eigenvalue weighted by molar-refractivity contribution is 5.69. The SMILES string of the molecule is COc1cc(-c2ccccc2)c(F)c([N+](=O)[O-])c1. The van der Waals surface area contributed by atoms with E-state index in [1.54, 1.807) is 30.3 Å². The number of methoxy groups -OCH3 is 1. The van der Waals surface area contributed by atoms with Crippen LogP contribution in [0.25, 0.3) is 11.1 Å². The zero-order valence-electron chi connectivity index (χ0n) is 9.59. The van der Waals surface area contributed by atoms with Gasteiger partial charge in [-0.05, 0) is 11.6 Å². The molecule has 0 aromatic heterocycles. The second-order valence-corrected chi connectivity index (χ2v) is 3.63. The van der Waals surface area contributed by atoms with E-state index in [-0.39, 0.29) is 11.3 Å². The normalized spacial score (nSPS) is 10.1. The van der Waals surface area contributed by atoms with E-state index < -0.39 is 16.4 Å². The van der Waals surface area contributed by atoms with E-state index in [0.29, 0.717) is 5.56 Å². The van der Waals surface area contributed by atoms with Gasteiger partial charge in [0.2, 0.25) is 5.82 Å². The predicted octanol–water partition coefficient (Wildman–Crippen LogP) is 3.41. The van der Waals surface area contributed by atoms with E-state index in [1.807, 2.05) is 0 Å². The van der Waals surface area contributed by atoms with Crippen molar-refractivity contribution in [3.05, 3.63) is 58.4 Å². The summed E-state index contributed by atoms with van der Waals surface area (Å²) in [6.45, 7) is 0. The van der Waals surface area contributed by atoms with Crippen molar-refractivity contribution in [1.82, 2.24) is 0 Å². The molecule has 0 saturated heterocycles. The molecule has 0 saturated carbocycles. The number of hydrogen-bond acceptors (Lipinski definition) is 3. The molecule has 0 aliphatic carbocycles. The number of nitrogens with zero attached hydrogens (tertiary/aromatic N) is 1. The van der Waals surface area contributed by atoms with Crippen molar-refractivity contribution >= 4 is 5.69 Å². The van der Waals surface area contributed by atoms with E-state index in [9.17, 15) is 14.5 Å². The molecule has 0 spiro atoms. The fourth-order valence-corrected chi connectivity index (χ4v) is 1.66. The monoisotopic (exact) mass is 247 g/mol. The van der Waals surface area contributed by atoms with Gasteiger partial charge in [0.05, 0.1) is 18.1 Å². The van der Waals surface area contributed by atoms with Gasteiger partial charge in [0, 0.05) is 5.56 Å². The lowest BCUT2D eigenvalue weighted by Crippen LogP contribution is -1.97. The molecule has 2 aromatic rings. The maximum absolute atomic E-state index is 14.0. The standard InChI is InChI=1S/C13H10FNO3/c1-18-10-7-11(9-5-3-2-4-6-9)13(14)12(8-10)15(16)17/h2-8H,1H3. The molecule has 2 rings (SSSR count). The summed E-state index contributed by atoms with van der Waals surface area (Å²) in [7, 11) is 1.38. The third-order valence-electron chi connectivity index (χ3n) is 2.54. The van der Waals surface area contributed by atoms with Crippen molar-refractivity contribution in [2.24, 2.45) is 0 Å². The van der Waals surface area contributed by atoms with E-state index in [0.717, 1.165) is 6.07 Å². The van der Waals surface area contributed by atoms with Crippen molar-refractivity contribution in [1.29, 1.82) is 0 Å². The lowest BCUT2D eigenvalue weighted by molar-refractivity contribution is -0.387. The summed E-state index contributed by atoms with van der Waals surface area (Å²) in [6, 6.07) is 11.1. The molecule has 0 amide bonds. The molecule has 0 aliphatic rings. The van der Waals surface area contributed by atoms with Crippen molar-refractivity contribution in [3.63, 3.8) is 0 Å². The first-order chi connectivity index (χ1) is 8.63. The molecule has 0 bridgehead atoms. The minimum Gasteiger partial charge on any atom is -0.496 e. The van der Waals surface area contributed by atoms with Crippen LogP contribution in [0.1, 0.15) is 0 Å². The second kappa shape index (κ2) is 4.83. The Morgan fingerprint density at radius 2 is 1.89 bits per heavy atom. The van der Waals surface area contributed by atoms with Crippen LogP contribution >= 0.6 is 0 Å². The smallest absolute Gasteiger partial charge is 0.309 e. The maximum Gasteiger partial charge on any atom is 0.309 e. The molecule has 0 fully saturated rings. The van der Waals surface area contributed by atoms with Gasteiger partial charge < -0.3 is 4.74 Å². The van der Waals surface area contributed by atoms with Gasteiger partial charge in [-0.2, -0.15) is 4.39 Å². The van der Waals surface area contributed by atoms with E-state index >= 15 is 0 Å². The van der Waals surface area contributed by atoms with Crippen molar-refractivity contribution < 1.29 is 14.1 Å². The fourth-order valence-electron chi connectivity index (χ4n) is 1.66. The molecule has 18 heavy (non-hydrogen) atoms. The Balaban J connectivity index is 2.67. The zero-order chi connectivity index (χ0) is 13.1. The Morgan fingerprint density at radius 1 is 1.22 bits per heavy atom. The summed E-state index contributed by atoms with van der Waals surface area (Å²) < 4.78 is 19.0. The molecule has 92 valence electrons. The van der Waals surface area contributed by atoms with Crippen molar-refractivity contribution in [2.45, 2.75) is 0 Å². The lowest BCUT2D eigenvalue weighted by Gasteiger charge is -2.07. The van der Waals surface area contributed by atoms with Gasteiger partial charge in [-0.15, -0.1) is 0 Å². The average molecular weight is 247 g/mol. The third kappa shape index (κ3) is 2.15. The number of rotatable bonds is 3. The first kappa shape index (κ1) is 12.0. The van der Waals surface area contributed by atoms with Crippen LogP contribution in [0.2, 0.25) is 0 Å². The van der Waals surface area contributed by atoms with E-state index in [4.69, 9.17) is 4.74 Å². The molecule has 2 aromatic carbocycles. The summed E-state index contributed by atoms with van der Waals surface area (Å²) in [5.41, 5.74) is 0.131. The molecule has 0 N–H and O–H groups in total. The molecular formula is C13H10FNO3. The van der Waals surface area contributed by atoms with Crippen LogP contribution in [-0.2, 0) is 0 Å². The highest BCUT2D eigenvalue weighted by Crippen LogP contribution is 2.33. The fraction of sp³-hybridized carbons (Fsp3) is 0.0769. The first-order valence-corrected chi connectivity index (χ1v) is 5.21. The zero-order valence-corrected chi connectivity index (χ0v) is 9.59. The van der Waals surface area contributed by atoms with Crippen LogP contribution in [0, 0.1) is 15.9 Å². The van der Waals surface area contributed by atoms with Crippen molar-refractivity contribution in [3.8, 4) is 16.9 Å². The largest absolute Gasteiger partial charge is 0.496 e. The van der Waals surface area contributed by atoms with Gasteiger partial charge in [0.15, 0.2) is 0 Å². The maximum atomic E-state index is 14.0. The Hall–Kier alpha value is -2.43. The summed E-state index contributed by atoms with van der Waals surface area (Å²) in [5.74, 6) is -0.603. The molecule has 0 atom stereocenters. The van der Waals surface area contributed by atoms with E-state index in [2.05, 4.69) is 0 Å². The Bertz CT molecular complexity index is 584. The number of benzene rings is 2. The Kier molecular flexibility index (Phi) is 3.23. The topological polar surface area (TPSA) is 52.4 Å². The lowest BCUT2D eigenvalue weighted by atomic mass is 10.0. The predicted molar refractivity (Wildman–Crippen MR) is 65.0 cm³/mol. The number of nitro groups is 1. The van der Waals surface area contributed by atoms with Crippen LogP contribution in [0.5, 0.6) is 5.75 Å². The molecule has 5 heteroatoms.